The standard InChI is InChI=1S/C19H13F4N3O/c20-12-3-1-11(2-4-12)9-17(27)25-13-5-8-16(24-10-13)26-15-7-6-14(21)18(22)19(15)23/h1-8,10H,9H2,(H,24,26)(H,25,27). The van der Waals surface area contributed by atoms with Crippen molar-refractivity contribution >= 4 is 23.1 Å². The first-order valence-electron chi connectivity index (χ1n) is 7.83. The number of rotatable bonds is 5. The largest absolute Gasteiger partial charge is 0.338 e. The summed E-state index contributed by atoms with van der Waals surface area (Å²) in [5.74, 6) is -4.75. The van der Waals surface area contributed by atoms with E-state index in [-0.39, 0.29) is 29.7 Å². The Labute approximate surface area is 151 Å². The molecule has 8 heteroatoms. The molecule has 1 heterocycles. The van der Waals surface area contributed by atoms with Crippen molar-refractivity contribution in [3.8, 4) is 0 Å². The highest BCUT2D eigenvalue weighted by molar-refractivity contribution is 5.92. The van der Waals surface area contributed by atoms with E-state index < -0.39 is 17.5 Å². The molecule has 0 aliphatic carbocycles. The van der Waals surface area contributed by atoms with Crippen LogP contribution in [0.4, 0.5) is 34.8 Å². The van der Waals surface area contributed by atoms with Gasteiger partial charge in [0, 0.05) is 0 Å². The predicted molar refractivity (Wildman–Crippen MR) is 92.6 cm³/mol. The predicted octanol–water partition coefficient (Wildman–Crippen LogP) is 4.56. The van der Waals surface area contributed by atoms with Gasteiger partial charge < -0.3 is 10.6 Å². The van der Waals surface area contributed by atoms with Gasteiger partial charge in [-0.05, 0) is 42.0 Å². The van der Waals surface area contributed by atoms with E-state index in [1.165, 1.54) is 42.6 Å². The fourth-order valence-electron chi connectivity index (χ4n) is 2.29. The molecule has 2 N–H and O–H groups in total. The Hall–Kier alpha value is -3.42. The number of aromatic nitrogens is 1. The summed E-state index contributed by atoms with van der Waals surface area (Å²) in [5.41, 5.74) is 0.766. The lowest BCUT2D eigenvalue weighted by molar-refractivity contribution is -0.115. The normalized spacial score (nSPS) is 10.5. The number of carbonyl (C=O) groups is 1. The Morgan fingerprint density at radius 3 is 2.30 bits per heavy atom. The Morgan fingerprint density at radius 2 is 1.63 bits per heavy atom. The zero-order valence-electron chi connectivity index (χ0n) is 13.8. The molecule has 0 saturated heterocycles. The number of pyridine rings is 1. The third-order valence-corrected chi connectivity index (χ3v) is 3.62. The lowest BCUT2D eigenvalue weighted by Gasteiger charge is -2.09. The third-order valence-electron chi connectivity index (χ3n) is 3.62. The number of hydrogen-bond acceptors (Lipinski definition) is 3. The van der Waals surface area contributed by atoms with Crippen LogP contribution in [0, 0.1) is 23.3 Å². The van der Waals surface area contributed by atoms with Gasteiger partial charge in [0.2, 0.25) is 5.91 Å². The minimum atomic E-state index is -1.58. The van der Waals surface area contributed by atoms with Crippen molar-refractivity contribution in [2.75, 3.05) is 10.6 Å². The highest BCUT2D eigenvalue weighted by Gasteiger charge is 2.13. The molecular formula is C19H13F4N3O. The van der Waals surface area contributed by atoms with E-state index in [4.69, 9.17) is 0 Å². The Morgan fingerprint density at radius 1 is 0.889 bits per heavy atom. The summed E-state index contributed by atoms with van der Waals surface area (Å²) in [4.78, 5) is 16.0. The second kappa shape index (κ2) is 7.86. The van der Waals surface area contributed by atoms with Gasteiger partial charge in [-0.3, -0.25) is 4.79 Å². The quantitative estimate of drug-likeness (QED) is 0.508. The monoisotopic (exact) mass is 375 g/mol. The fourth-order valence-corrected chi connectivity index (χ4v) is 2.29. The number of amides is 1. The highest BCUT2D eigenvalue weighted by Crippen LogP contribution is 2.23. The van der Waals surface area contributed by atoms with Gasteiger partial charge in [0.05, 0.1) is 24.0 Å². The zero-order chi connectivity index (χ0) is 19.4. The molecule has 27 heavy (non-hydrogen) atoms. The minimum absolute atomic E-state index is 0.0559. The van der Waals surface area contributed by atoms with Crippen LogP contribution in [0.3, 0.4) is 0 Å². The summed E-state index contributed by atoms with van der Waals surface area (Å²) in [6, 6.07) is 10.3. The zero-order valence-corrected chi connectivity index (χ0v) is 13.8. The first kappa shape index (κ1) is 18.4. The molecule has 4 nitrogen and oxygen atoms in total. The highest BCUT2D eigenvalue weighted by atomic mass is 19.2. The van der Waals surface area contributed by atoms with Crippen LogP contribution < -0.4 is 10.6 Å². The third kappa shape index (κ3) is 4.60. The lowest BCUT2D eigenvalue weighted by atomic mass is 10.1. The van der Waals surface area contributed by atoms with Crippen LogP contribution in [-0.4, -0.2) is 10.9 Å². The first-order valence-corrected chi connectivity index (χ1v) is 7.83. The van der Waals surface area contributed by atoms with Gasteiger partial charge in [-0.15, -0.1) is 0 Å². The second-order valence-corrected chi connectivity index (χ2v) is 5.63. The van der Waals surface area contributed by atoms with E-state index in [0.717, 1.165) is 12.1 Å². The van der Waals surface area contributed by atoms with Crippen molar-refractivity contribution in [3.05, 3.63) is 83.6 Å². The maximum Gasteiger partial charge on any atom is 0.228 e. The molecule has 0 bridgehead atoms. The molecule has 0 fully saturated rings. The van der Waals surface area contributed by atoms with Crippen LogP contribution in [0.1, 0.15) is 5.56 Å². The van der Waals surface area contributed by atoms with Crippen molar-refractivity contribution in [1.29, 1.82) is 0 Å². The molecule has 0 atom stereocenters. The maximum absolute atomic E-state index is 13.6. The van der Waals surface area contributed by atoms with E-state index >= 15 is 0 Å². The van der Waals surface area contributed by atoms with E-state index in [0.29, 0.717) is 11.3 Å². The Bertz CT molecular complexity index is 960. The van der Waals surface area contributed by atoms with Crippen LogP contribution in [0.15, 0.2) is 54.7 Å². The maximum atomic E-state index is 13.6. The Kier molecular flexibility index (Phi) is 5.35. The molecule has 0 radical (unpaired) electrons. The smallest absolute Gasteiger partial charge is 0.228 e. The number of hydrogen-bond donors (Lipinski definition) is 2. The lowest BCUT2D eigenvalue weighted by Crippen LogP contribution is -2.14. The number of benzene rings is 2. The summed E-state index contributed by atoms with van der Waals surface area (Å²) in [6.07, 6.45) is 1.38. The van der Waals surface area contributed by atoms with Gasteiger partial charge in [-0.25, -0.2) is 22.5 Å². The van der Waals surface area contributed by atoms with E-state index in [1.54, 1.807) is 0 Å². The fraction of sp³-hybridized carbons (Fsp3) is 0.0526. The van der Waals surface area contributed by atoms with E-state index in [1.807, 2.05) is 0 Å². The summed E-state index contributed by atoms with van der Waals surface area (Å²) in [6.45, 7) is 0. The number of halogens is 4. The van der Waals surface area contributed by atoms with Crippen LogP contribution in [0.25, 0.3) is 0 Å². The molecule has 138 valence electrons. The summed E-state index contributed by atoms with van der Waals surface area (Å²) in [5, 5.41) is 5.14. The van der Waals surface area contributed by atoms with Gasteiger partial charge in [0.25, 0.3) is 0 Å². The number of carbonyl (C=O) groups excluding carboxylic acids is 1. The molecule has 0 saturated carbocycles. The summed E-state index contributed by atoms with van der Waals surface area (Å²) < 4.78 is 52.7. The summed E-state index contributed by atoms with van der Waals surface area (Å²) >= 11 is 0. The minimum Gasteiger partial charge on any atom is -0.338 e. The van der Waals surface area contributed by atoms with Crippen molar-refractivity contribution in [3.63, 3.8) is 0 Å². The van der Waals surface area contributed by atoms with Crippen molar-refractivity contribution < 1.29 is 22.4 Å². The van der Waals surface area contributed by atoms with Gasteiger partial charge >= 0.3 is 0 Å². The molecule has 2 aromatic carbocycles. The van der Waals surface area contributed by atoms with E-state index in [9.17, 15) is 22.4 Å². The molecule has 3 rings (SSSR count). The molecule has 0 spiro atoms. The molecule has 0 aliphatic heterocycles. The van der Waals surface area contributed by atoms with Gasteiger partial charge in [0.15, 0.2) is 17.5 Å². The first-order chi connectivity index (χ1) is 12.9. The average molecular weight is 375 g/mol. The topological polar surface area (TPSA) is 54.0 Å². The van der Waals surface area contributed by atoms with Gasteiger partial charge in [0.1, 0.15) is 11.6 Å². The van der Waals surface area contributed by atoms with Crippen molar-refractivity contribution in [1.82, 2.24) is 4.98 Å². The van der Waals surface area contributed by atoms with Crippen LogP contribution in [0.5, 0.6) is 0 Å². The number of nitrogens with zero attached hydrogens (tertiary/aromatic N) is 1. The van der Waals surface area contributed by atoms with Gasteiger partial charge in [-0.2, -0.15) is 0 Å². The number of anilines is 3. The Balaban J connectivity index is 1.62. The van der Waals surface area contributed by atoms with Crippen LogP contribution >= 0.6 is 0 Å². The molecule has 1 amide bonds. The molecule has 1 aromatic heterocycles. The molecule has 3 aromatic rings. The second-order valence-electron chi connectivity index (χ2n) is 5.63. The molecule has 0 unspecified atom stereocenters. The van der Waals surface area contributed by atoms with Crippen molar-refractivity contribution in [2.45, 2.75) is 6.42 Å². The van der Waals surface area contributed by atoms with Crippen molar-refractivity contribution in [2.24, 2.45) is 0 Å². The van der Waals surface area contributed by atoms with E-state index in [2.05, 4.69) is 15.6 Å². The molecule has 0 aliphatic rings. The van der Waals surface area contributed by atoms with Crippen LogP contribution in [0.2, 0.25) is 0 Å². The summed E-state index contributed by atoms with van der Waals surface area (Å²) in [7, 11) is 0. The average Bonchev–Trinajstić information content (AvgIpc) is 2.65. The molecular weight excluding hydrogens is 362 g/mol. The van der Waals surface area contributed by atoms with Gasteiger partial charge in [-0.1, -0.05) is 12.1 Å². The SMILES string of the molecule is O=C(Cc1ccc(F)cc1)Nc1ccc(Nc2ccc(F)c(F)c2F)nc1. The number of nitrogens with one attached hydrogen (secondary N) is 2. The van der Waals surface area contributed by atoms with Crippen LogP contribution in [-0.2, 0) is 11.2 Å².